The molecule has 0 aromatic heterocycles. The van der Waals surface area contributed by atoms with Crippen LogP contribution in [0.25, 0.3) is 0 Å². The first-order valence-corrected chi connectivity index (χ1v) is 7.86. The number of carbonyl (C=O) groups excluding carboxylic acids is 1. The molecule has 1 saturated heterocycles. The van der Waals surface area contributed by atoms with Gasteiger partial charge in [-0.25, -0.2) is 0 Å². The van der Waals surface area contributed by atoms with Gasteiger partial charge in [-0.3, -0.25) is 4.79 Å². The van der Waals surface area contributed by atoms with Gasteiger partial charge in [-0.15, -0.1) is 0 Å². The number of ether oxygens (including phenoxy) is 1. The van der Waals surface area contributed by atoms with Gasteiger partial charge in [-0.2, -0.15) is 0 Å². The summed E-state index contributed by atoms with van der Waals surface area (Å²) in [5, 5.41) is 0. The summed E-state index contributed by atoms with van der Waals surface area (Å²) in [6.07, 6.45) is 3.24. The lowest BCUT2D eigenvalue weighted by Gasteiger charge is -2.37. The van der Waals surface area contributed by atoms with Crippen LogP contribution in [0.1, 0.15) is 30.9 Å². The van der Waals surface area contributed by atoms with Gasteiger partial charge in [-0.1, -0.05) is 0 Å². The third kappa shape index (κ3) is 1.89. The van der Waals surface area contributed by atoms with Crippen molar-refractivity contribution in [3.63, 3.8) is 0 Å². The van der Waals surface area contributed by atoms with Crippen molar-refractivity contribution >= 4 is 11.6 Å². The molecule has 0 unspecified atom stereocenters. The number of fused-ring (bicyclic) bond motifs is 3. The summed E-state index contributed by atoms with van der Waals surface area (Å²) in [5.74, 6) is 1.20. The van der Waals surface area contributed by atoms with Crippen molar-refractivity contribution < 1.29 is 9.53 Å². The van der Waals surface area contributed by atoms with Crippen LogP contribution in [0.5, 0.6) is 5.75 Å². The van der Waals surface area contributed by atoms with Gasteiger partial charge < -0.3 is 14.5 Å². The van der Waals surface area contributed by atoms with Crippen molar-refractivity contribution in [1.82, 2.24) is 4.90 Å². The molecule has 3 aliphatic rings. The Labute approximate surface area is 125 Å². The summed E-state index contributed by atoms with van der Waals surface area (Å²) in [5.41, 5.74) is 3.88. The van der Waals surface area contributed by atoms with Crippen molar-refractivity contribution in [1.29, 1.82) is 0 Å². The lowest BCUT2D eigenvalue weighted by Crippen LogP contribution is -2.41. The minimum Gasteiger partial charge on any atom is -0.492 e. The molecule has 4 heteroatoms. The molecule has 1 fully saturated rings. The summed E-state index contributed by atoms with van der Waals surface area (Å²) in [7, 11) is 2.18. The maximum atomic E-state index is 11.8. The third-order valence-electron chi connectivity index (χ3n) is 5.48. The maximum absolute atomic E-state index is 11.8. The number of benzene rings is 1. The summed E-state index contributed by atoms with van der Waals surface area (Å²) >= 11 is 0. The molecule has 0 atom stereocenters. The second-order valence-electron chi connectivity index (χ2n) is 6.77. The van der Waals surface area contributed by atoms with Crippen molar-refractivity contribution in [3.8, 4) is 5.75 Å². The molecule has 0 bridgehead atoms. The predicted molar refractivity (Wildman–Crippen MR) is 82.1 cm³/mol. The number of anilines is 1. The Morgan fingerprint density at radius 1 is 1.24 bits per heavy atom. The van der Waals surface area contributed by atoms with E-state index in [-0.39, 0.29) is 11.3 Å². The SMILES string of the molecule is CC(=O)N1CCc2cc3c(cc21)C1(CCN(C)CC1)CO3. The highest BCUT2D eigenvalue weighted by molar-refractivity contribution is 5.94. The third-order valence-corrected chi connectivity index (χ3v) is 5.48. The quantitative estimate of drug-likeness (QED) is 0.731. The van der Waals surface area contributed by atoms with E-state index in [1.54, 1.807) is 6.92 Å². The van der Waals surface area contributed by atoms with E-state index in [0.29, 0.717) is 0 Å². The molecule has 1 spiro atoms. The standard InChI is InChI=1S/C17H22N2O2/c1-12(20)19-6-3-13-9-16-14(10-15(13)19)17(11-21-16)4-7-18(2)8-5-17/h9-10H,3-8,11H2,1-2H3. The van der Waals surface area contributed by atoms with Crippen molar-refractivity contribution in [2.75, 3.05) is 38.2 Å². The number of carbonyl (C=O) groups is 1. The molecule has 1 aromatic rings. The minimum atomic E-state index is 0.144. The number of hydrogen-bond acceptors (Lipinski definition) is 3. The van der Waals surface area contributed by atoms with Crippen LogP contribution in [0.15, 0.2) is 12.1 Å². The molecule has 1 aromatic carbocycles. The fourth-order valence-corrected chi connectivity index (χ4v) is 4.03. The monoisotopic (exact) mass is 286 g/mol. The largest absolute Gasteiger partial charge is 0.492 e. The number of hydrogen-bond donors (Lipinski definition) is 0. The first-order valence-electron chi connectivity index (χ1n) is 7.86. The molecule has 0 N–H and O–H groups in total. The Morgan fingerprint density at radius 2 is 2.00 bits per heavy atom. The van der Waals surface area contributed by atoms with Gasteiger partial charge in [0.25, 0.3) is 0 Å². The predicted octanol–water partition coefficient (Wildman–Crippen LogP) is 1.95. The van der Waals surface area contributed by atoms with E-state index in [4.69, 9.17) is 4.74 Å². The van der Waals surface area contributed by atoms with Crippen molar-refractivity contribution in [2.45, 2.75) is 31.6 Å². The van der Waals surface area contributed by atoms with Crippen LogP contribution in [-0.2, 0) is 16.6 Å². The van der Waals surface area contributed by atoms with Crippen molar-refractivity contribution in [2.24, 2.45) is 0 Å². The molecular formula is C17H22N2O2. The number of nitrogens with zero attached hydrogens (tertiary/aromatic N) is 2. The minimum absolute atomic E-state index is 0.144. The number of rotatable bonds is 0. The highest BCUT2D eigenvalue weighted by Gasteiger charge is 2.43. The summed E-state index contributed by atoms with van der Waals surface area (Å²) in [4.78, 5) is 16.1. The molecule has 0 saturated carbocycles. The zero-order valence-electron chi connectivity index (χ0n) is 12.8. The first kappa shape index (κ1) is 13.1. The van der Waals surface area contributed by atoms with E-state index >= 15 is 0 Å². The van der Waals surface area contributed by atoms with Gasteiger partial charge in [0.2, 0.25) is 5.91 Å². The molecule has 0 radical (unpaired) electrons. The number of likely N-dealkylation sites (tertiary alicyclic amines) is 1. The zero-order valence-corrected chi connectivity index (χ0v) is 12.8. The Bertz CT molecular complexity index is 603. The second-order valence-corrected chi connectivity index (χ2v) is 6.77. The van der Waals surface area contributed by atoms with Crippen molar-refractivity contribution in [3.05, 3.63) is 23.3 Å². The normalized spacial score (nSPS) is 23.0. The van der Waals surface area contributed by atoms with E-state index in [2.05, 4.69) is 24.1 Å². The molecular weight excluding hydrogens is 264 g/mol. The van der Waals surface area contributed by atoms with Gasteiger partial charge in [0, 0.05) is 30.1 Å². The summed E-state index contributed by atoms with van der Waals surface area (Å²) in [6, 6.07) is 4.43. The fraction of sp³-hybridized carbons (Fsp3) is 0.588. The smallest absolute Gasteiger partial charge is 0.223 e. The average Bonchev–Trinajstić information content (AvgIpc) is 3.03. The van der Waals surface area contributed by atoms with Crippen LogP contribution in [0, 0.1) is 0 Å². The Balaban J connectivity index is 1.76. The van der Waals surface area contributed by atoms with Crippen LogP contribution < -0.4 is 9.64 Å². The maximum Gasteiger partial charge on any atom is 0.223 e. The molecule has 21 heavy (non-hydrogen) atoms. The average molecular weight is 286 g/mol. The van der Waals surface area contributed by atoms with Crippen LogP contribution in [-0.4, -0.2) is 44.1 Å². The molecule has 4 nitrogen and oxygen atoms in total. The van der Waals surface area contributed by atoms with Gasteiger partial charge >= 0.3 is 0 Å². The van der Waals surface area contributed by atoms with E-state index in [0.717, 1.165) is 56.9 Å². The Hall–Kier alpha value is -1.55. The van der Waals surface area contributed by atoms with Gasteiger partial charge in [0.05, 0.1) is 6.61 Å². The van der Waals surface area contributed by atoms with E-state index in [1.165, 1.54) is 11.1 Å². The molecule has 3 aliphatic heterocycles. The highest BCUT2D eigenvalue weighted by atomic mass is 16.5. The fourth-order valence-electron chi connectivity index (χ4n) is 4.03. The van der Waals surface area contributed by atoms with Gasteiger partial charge in [-0.05, 0) is 57.1 Å². The van der Waals surface area contributed by atoms with Crippen LogP contribution in [0.3, 0.4) is 0 Å². The number of amides is 1. The lowest BCUT2D eigenvalue weighted by molar-refractivity contribution is -0.116. The second kappa shape index (κ2) is 4.47. The van der Waals surface area contributed by atoms with Crippen LogP contribution in [0.2, 0.25) is 0 Å². The van der Waals surface area contributed by atoms with Gasteiger partial charge in [0.15, 0.2) is 0 Å². The van der Waals surface area contributed by atoms with E-state index in [1.807, 2.05) is 4.90 Å². The van der Waals surface area contributed by atoms with E-state index < -0.39 is 0 Å². The van der Waals surface area contributed by atoms with Crippen LogP contribution >= 0.6 is 0 Å². The molecule has 112 valence electrons. The molecule has 0 aliphatic carbocycles. The van der Waals surface area contributed by atoms with E-state index in [9.17, 15) is 4.79 Å². The van der Waals surface area contributed by atoms with Crippen LogP contribution in [0.4, 0.5) is 5.69 Å². The summed E-state index contributed by atoms with van der Waals surface area (Å²) < 4.78 is 6.03. The molecule has 3 heterocycles. The highest BCUT2D eigenvalue weighted by Crippen LogP contribution is 2.48. The summed E-state index contributed by atoms with van der Waals surface area (Å²) in [6.45, 7) is 5.51. The first-order chi connectivity index (χ1) is 10.1. The van der Waals surface area contributed by atoms with Gasteiger partial charge in [0.1, 0.15) is 5.75 Å². The Morgan fingerprint density at radius 3 is 2.71 bits per heavy atom. The Kier molecular flexibility index (Phi) is 2.80. The number of piperidine rings is 1. The molecule has 4 rings (SSSR count). The molecule has 1 amide bonds. The lowest BCUT2D eigenvalue weighted by atomic mass is 9.74. The zero-order chi connectivity index (χ0) is 14.6. The topological polar surface area (TPSA) is 32.8 Å².